The van der Waals surface area contributed by atoms with Gasteiger partial charge in [0, 0.05) is 12.3 Å². The summed E-state index contributed by atoms with van der Waals surface area (Å²) in [6, 6.07) is 0. The molecule has 0 heterocycles. The first-order chi connectivity index (χ1) is 7.60. The normalized spacial score (nSPS) is 14.4. The van der Waals surface area contributed by atoms with Gasteiger partial charge in [-0.3, -0.25) is 4.99 Å². The average molecular weight is 221 g/mol. The Hall–Kier alpha value is -0.850. The Morgan fingerprint density at radius 1 is 1.00 bits per heavy atom. The Labute approximate surface area is 101 Å². The van der Waals surface area contributed by atoms with Crippen molar-refractivity contribution in [3.8, 4) is 0 Å². The SMILES string of the molecule is C/C=C(\C)CC/C=C(\C)CCC(C)=NCC. The second kappa shape index (κ2) is 9.38. The molecular formula is C15H27N. The fraction of sp³-hybridized carbons (Fsp3) is 0.667. The molecule has 0 aliphatic heterocycles. The minimum absolute atomic E-state index is 0.912. The summed E-state index contributed by atoms with van der Waals surface area (Å²) < 4.78 is 0. The third-order valence-corrected chi connectivity index (χ3v) is 2.83. The van der Waals surface area contributed by atoms with Crippen LogP contribution in [0.15, 0.2) is 28.3 Å². The Morgan fingerprint density at radius 2 is 1.69 bits per heavy atom. The van der Waals surface area contributed by atoms with Gasteiger partial charge in [-0.2, -0.15) is 0 Å². The highest BCUT2D eigenvalue weighted by Crippen LogP contribution is 2.10. The van der Waals surface area contributed by atoms with Crippen molar-refractivity contribution in [1.29, 1.82) is 0 Å². The molecule has 0 aromatic heterocycles. The van der Waals surface area contributed by atoms with E-state index in [9.17, 15) is 0 Å². The summed E-state index contributed by atoms with van der Waals surface area (Å²) in [6.45, 7) is 11.7. The van der Waals surface area contributed by atoms with Gasteiger partial charge in [-0.1, -0.05) is 23.3 Å². The van der Waals surface area contributed by atoms with Crippen molar-refractivity contribution in [3.05, 3.63) is 23.3 Å². The summed E-state index contributed by atoms with van der Waals surface area (Å²) in [4.78, 5) is 4.40. The van der Waals surface area contributed by atoms with E-state index in [-0.39, 0.29) is 0 Å². The van der Waals surface area contributed by atoms with Crippen LogP contribution in [0.1, 0.15) is 60.3 Å². The standard InChI is InChI=1S/C15H27N/c1-6-13(3)9-8-10-14(4)11-12-15(5)16-7-2/h6,10H,7-9,11-12H2,1-5H3/b13-6+,14-10+,16-15?. The van der Waals surface area contributed by atoms with E-state index in [0.29, 0.717) is 0 Å². The first-order valence-electron chi connectivity index (χ1n) is 6.37. The molecule has 0 rings (SSSR count). The zero-order valence-electron chi connectivity index (χ0n) is 11.6. The van der Waals surface area contributed by atoms with Crippen LogP contribution in [0.3, 0.4) is 0 Å². The first-order valence-corrected chi connectivity index (χ1v) is 6.37. The van der Waals surface area contributed by atoms with E-state index in [4.69, 9.17) is 0 Å². The minimum Gasteiger partial charge on any atom is -0.295 e. The van der Waals surface area contributed by atoms with Crippen LogP contribution in [0.5, 0.6) is 0 Å². The average Bonchev–Trinajstić information content (AvgIpc) is 2.26. The predicted molar refractivity (Wildman–Crippen MR) is 75.3 cm³/mol. The van der Waals surface area contributed by atoms with Gasteiger partial charge in [0.2, 0.25) is 0 Å². The molecule has 0 aliphatic rings. The Kier molecular flexibility index (Phi) is 8.88. The maximum Gasteiger partial charge on any atom is 0.0360 e. The summed E-state index contributed by atoms with van der Waals surface area (Å²) in [5, 5.41) is 0. The highest BCUT2D eigenvalue weighted by Gasteiger charge is 1.94. The van der Waals surface area contributed by atoms with E-state index in [0.717, 1.165) is 19.4 Å². The monoisotopic (exact) mass is 221 g/mol. The molecule has 0 radical (unpaired) electrons. The molecule has 0 bridgehead atoms. The topological polar surface area (TPSA) is 12.4 Å². The molecule has 0 amide bonds. The Bertz CT molecular complexity index is 269. The summed E-state index contributed by atoms with van der Waals surface area (Å²) in [6.07, 6.45) is 9.19. The van der Waals surface area contributed by atoms with Crippen molar-refractivity contribution in [3.63, 3.8) is 0 Å². The van der Waals surface area contributed by atoms with E-state index in [1.165, 1.54) is 29.7 Å². The lowest BCUT2D eigenvalue weighted by atomic mass is 10.1. The lowest BCUT2D eigenvalue weighted by molar-refractivity contribution is 0.927. The molecule has 1 heteroatoms. The predicted octanol–water partition coefficient (Wildman–Crippen LogP) is 4.94. The lowest BCUT2D eigenvalue weighted by Crippen LogP contribution is -1.93. The van der Waals surface area contributed by atoms with Crippen molar-refractivity contribution in [2.75, 3.05) is 6.54 Å². The van der Waals surface area contributed by atoms with E-state index in [1.807, 2.05) is 0 Å². The number of hydrogen-bond donors (Lipinski definition) is 0. The van der Waals surface area contributed by atoms with Crippen LogP contribution in [0.2, 0.25) is 0 Å². The van der Waals surface area contributed by atoms with E-state index in [1.54, 1.807) is 0 Å². The van der Waals surface area contributed by atoms with Gasteiger partial charge < -0.3 is 0 Å². The number of nitrogens with zero attached hydrogens (tertiary/aromatic N) is 1. The third kappa shape index (κ3) is 8.46. The molecule has 0 fully saturated rings. The van der Waals surface area contributed by atoms with Gasteiger partial charge in [0.1, 0.15) is 0 Å². The van der Waals surface area contributed by atoms with Crippen LogP contribution >= 0.6 is 0 Å². The van der Waals surface area contributed by atoms with Gasteiger partial charge in [-0.25, -0.2) is 0 Å². The minimum atomic E-state index is 0.912. The van der Waals surface area contributed by atoms with Gasteiger partial charge in [0.15, 0.2) is 0 Å². The van der Waals surface area contributed by atoms with Crippen molar-refractivity contribution < 1.29 is 0 Å². The van der Waals surface area contributed by atoms with Crippen molar-refractivity contribution in [2.45, 2.75) is 60.3 Å². The maximum absolute atomic E-state index is 4.40. The molecule has 0 aromatic carbocycles. The lowest BCUT2D eigenvalue weighted by Gasteiger charge is -2.02. The fourth-order valence-electron chi connectivity index (χ4n) is 1.52. The van der Waals surface area contributed by atoms with Gasteiger partial charge in [0.25, 0.3) is 0 Å². The second-order valence-corrected chi connectivity index (χ2v) is 4.43. The Morgan fingerprint density at radius 3 is 2.25 bits per heavy atom. The second-order valence-electron chi connectivity index (χ2n) is 4.43. The maximum atomic E-state index is 4.40. The molecule has 0 spiro atoms. The quantitative estimate of drug-likeness (QED) is 0.426. The van der Waals surface area contributed by atoms with Crippen molar-refractivity contribution in [1.82, 2.24) is 0 Å². The summed E-state index contributed by atoms with van der Waals surface area (Å²) in [5.74, 6) is 0. The van der Waals surface area contributed by atoms with Crippen LogP contribution < -0.4 is 0 Å². The molecule has 0 saturated carbocycles. The number of aliphatic imine (C=N–C) groups is 1. The smallest absolute Gasteiger partial charge is 0.0360 e. The number of hydrogen-bond acceptors (Lipinski definition) is 1. The highest BCUT2D eigenvalue weighted by molar-refractivity contribution is 5.82. The van der Waals surface area contributed by atoms with Crippen molar-refractivity contribution in [2.24, 2.45) is 4.99 Å². The zero-order chi connectivity index (χ0) is 12.4. The molecule has 0 atom stereocenters. The van der Waals surface area contributed by atoms with Crippen LogP contribution in [-0.4, -0.2) is 12.3 Å². The highest BCUT2D eigenvalue weighted by atomic mass is 14.7. The molecule has 92 valence electrons. The molecule has 0 saturated heterocycles. The van der Waals surface area contributed by atoms with Crippen molar-refractivity contribution >= 4 is 5.71 Å². The van der Waals surface area contributed by atoms with Gasteiger partial charge in [0.05, 0.1) is 0 Å². The Balaban J connectivity index is 3.84. The largest absolute Gasteiger partial charge is 0.295 e. The van der Waals surface area contributed by atoms with E-state index in [2.05, 4.69) is 51.8 Å². The van der Waals surface area contributed by atoms with Crippen LogP contribution in [0, 0.1) is 0 Å². The van der Waals surface area contributed by atoms with Gasteiger partial charge in [-0.05, 0) is 60.3 Å². The number of allylic oxidation sites excluding steroid dienone is 4. The third-order valence-electron chi connectivity index (χ3n) is 2.83. The molecule has 1 nitrogen and oxygen atoms in total. The molecule has 0 N–H and O–H groups in total. The summed E-state index contributed by atoms with van der Waals surface area (Å²) >= 11 is 0. The van der Waals surface area contributed by atoms with Crippen LogP contribution in [-0.2, 0) is 0 Å². The summed E-state index contributed by atoms with van der Waals surface area (Å²) in [5.41, 5.74) is 4.25. The van der Waals surface area contributed by atoms with E-state index >= 15 is 0 Å². The summed E-state index contributed by atoms with van der Waals surface area (Å²) in [7, 11) is 0. The molecule has 0 aromatic rings. The molecular weight excluding hydrogens is 194 g/mol. The molecule has 0 unspecified atom stereocenters. The van der Waals surface area contributed by atoms with Gasteiger partial charge >= 0.3 is 0 Å². The fourth-order valence-corrected chi connectivity index (χ4v) is 1.52. The van der Waals surface area contributed by atoms with Crippen LogP contribution in [0.25, 0.3) is 0 Å². The first kappa shape index (κ1) is 15.2. The molecule has 16 heavy (non-hydrogen) atoms. The van der Waals surface area contributed by atoms with E-state index < -0.39 is 0 Å². The number of rotatable bonds is 7. The molecule has 0 aliphatic carbocycles. The van der Waals surface area contributed by atoms with Gasteiger partial charge in [-0.15, -0.1) is 0 Å². The zero-order valence-corrected chi connectivity index (χ0v) is 11.6. The van der Waals surface area contributed by atoms with Crippen LogP contribution in [0.4, 0.5) is 0 Å².